The molecule has 0 saturated carbocycles. The molecule has 21 heavy (non-hydrogen) atoms. The normalized spacial score (nSPS) is 11.7. The standard InChI is InChI=1S/C16H15Cl2FO2/c17-13-3-1-2-12(6-13)16(9-20,10-21)8-11-4-5-14(18)7-15(11)19/h1-7,20-21H,8-10H2. The minimum atomic E-state index is -1.00. The van der Waals surface area contributed by atoms with Gasteiger partial charge in [-0.3, -0.25) is 0 Å². The molecule has 0 saturated heterocycles. The van der Waals surface area contributed by atoms with Gasteiger partial charge in [-0.1, -0.05) is 41.4 Å². The Bertz CT molecular complexity index is 627. The van der Waals surface area contributed by atoms with Gasteiger partial charge in [-0.25, -0.2) is 4.39 Å². The van der Waals surface area contributed by atoms with Crippen molar-refractivity contribution in [1.82, 2.24) is 0 Å². The second kappa shape index (κ2) is 6.75. The van der Waals surface area contributed by atoms with Crippen LogP contribution in [0.3, 0.4) is 0 Å². The number of benzene rings is 2. The number of hydrogen-bond acceptors (Lipinski definition) is 2. The Labute approximate surface area is 132 Å². The van der Waals surface area contributed by atoms with Gasteiger partial charge in [0.15, 0.2) is 0 Å². The van der Waals surface area contributed by atoms with E-state index in [9.17, 15) is 14.6 Å². The molecule has 0 fully saturated rings. The van der Waals surface area contributed by atoms with Crippen molar-refractivity contribution in [2.45, 2.75) is 11.8 Å². The lowest BCUT2D eigenvalue weighted by Gasteiger charge is -2.31. The maximum atomic E-state index is 14.0. The van der Waals surface area contributed by atoms with Crippen LogP contribution in [0.5, 0.6) is 0 Å². The number of halogens is 3. The number of hydrogen-bond donors (Lipinski definition) is 2. The summed E-state index contributed by atoms with van der Waals surface area (Å²) in [5.74, 6) is -0.462. The summed E-state index contributed by atoms with van der Waals surface area (Å²) in [6.07, 6.45) is 0.142. The maximum absolute atomic E-state index is 14.0. The Morgan fingerprint density at radius 1 is 0.952 bits per heavy atom. The van der Waals surface area contributed by atoms with Crippen molar-refractivity contribution in [3.8, 4) is 0 Å². The van der Waals surface area contributed by atoms with Crippen LogP contribution >= 0.6 is 23.2 Å². The average Bonchev–Trinajstić information content (AvgIpc) is 2.47. The van der Waals surface area contributed by atoms with Crippen molar-refractivity contribution in [2.75, 3.05) is 13.2 Å². The Hall–Kier alpha value is -1.13. The van der Waals surface area contributed by atoms with Crippen molar-refractivity contribution in [2.24, 2.45) is 0 Å². The summed E-state index contributed by atoms with van der Waals surface area (Å²) in [5.41, 5.74) is 0.0383. The van der Waals surface area contributed by atoms with E-state index < -0.39 is 11.2 Å². The molecule has 0 heterocycles. The van der Waals surface area contributed by atoms with Crippen molar-refractivity contribution in [3.63, 3.8) is 0 Å². The first-order chi connectivity index (χ1) is 10.0. The van der Waals surface area contributed by atoms with Crippen molar-refractivity contribution in [1.29, 1.82) is 0 Å². The van der Waals surface area contributed by atoms with Crippen LogP contribution in [-0.2, 0) is 11.8 Å². The third kappa shape index (κ3) is 3.55. The third-order valence-electron chi connectivity index (χ3n) is 3.59. The highest BCUT2D eigenvalue weighted by Gasteiger charge is 2.32. The van der Waals surface area contributed by atoms with Gasteiger partial charge in [0.1, 0.15) is 5.82 Å². The Morgan fingerprint density at radius 2 is 1.62 bits per heavy atom. The maximum Gasteiger partial charge on any atom is 0.127 e. The molecule has 0 unspecified atom stereocenters. The Kier molecular flexibility index (Phi) is 5.22. The van der Waals surface area contributed by atoms with E-state index in [1.807, 2.05) is 0 Å². The monoisotopic (exact) mass is 328 g/mol. The fourth-order valence-corrected chi connectivity index (χ4v) is 2.64. The molecule has 0 spiro atoms. The van der Waals surface area contributed by atoms with E-state index in [0.717, 1.165) is 0 Å². The number of aliphatic hydroxyl groups excluding tert-OH is 2. The fourth-order valence-electron chi connectivity index (χ4n) is 2.29. The van der Waals surface area contributed by atoms with E-state index in [1.54, 1.807) is 36.4 Å². The largest absolute Gasteiger partial charge is 0.395 e. The van der Waals surface area contributed by atoms with Crippen molar-refractivity contribution >= 4 is 23.2 Å². The lowest BCUT2D eigenvalue weighted by Crippen LogP contribution is -2.37. The van der Waals surface area contributed by atoms with Gasteiger partial charge in [0, 0.05) is 15.5 Å². The summed E-state index contributed by atoms with van der Waals surface area (Å²) in [4.78, 5) is 0. The molecular weight excluding hydrogens is 314 g/mol. The van der Waals surface area contributed by atoms with Gasteiger partial charge in [0.2, 0.25) is 0 Å². The first-order valence-electron chi connectivity index (χ1n) is 6.42. The predicted molar refractivity (Wildman–Crippen MR) is 82.4 cm³/mol. The molecule has 0 bridgehead atoms. The molecule has 2 aromatic rings. The van der Waals surface area contributed by atoms with Crippen LogP contribution in [0.4, 0.5) is 4.39 Å². The zero-order chi connectivity index (χ0) is 15.5. The Balaban J connectivity index is 2.43. The molecule has 0 atom stereocenters. The van der Waals surface area contributed by atoms with E-state index >= 15 is 0 Å². The summed E-state index contributed by atoms with van der Waals surface area (Å²) in [7, 11) is 0. The SMILES string of the molecule is OCC(CO)(Cc1ccc(Cl)cc1F)c1cccc(Cl)c1. The predicted octanol–water partition coefficient (Wildman–Crippen LogP) is 3.60. The minimum absolute atomic E-state index is 0.142. The van der Waals surface area contributed by atoms with E-state index in [2.05, 4.69) is 0 Å². The van der Waals surface area contributed by atoms with Crippen LogP contribution in [0.1, 0.15) is 11.1 Å². The van der Waals surface area contributed by atoms with Crippen LogP contribution in [0.15, 0.2) is 42.5 Å². The molecule has 2 nitrogen and oxygen atoms in total. The fraction of sp³-hybridized carbons (Fsp3) is 0.250. The summed E-state index contributed by atoms with van der Waals surface area (Å²) < 4.78 is 14.0. The highest BCUT2D eigenvalue weighted by atomic mass is 35.5. The van der Waals surface area contributed by atoms with Crippen LogP contribution in [-0.4, -0.2) is 23.4 Å². The second-order valence-electron chi connectivity index (χ2n) is 5.02. The molecular formula is C16H15Cl2FO2. The zero-order valence-corrected chi connectivity index (χ0v) is 12.7. The smallest absolute Gasteiger partial charge is 0.127 e. The van der Waals surface area contributed by atoms with Crippen LogP contribution in [0, 0.1) is 5.82 Å². The molecule has 0 radical (unpaired) electrons. The van der Waals surface area contributed by atoms with Crippen LogP contribution in [0.25, 0.3) is 0 Å². The molecule has 0 aliphatic rings. The van der Waals surface area contributed by atoms with Crippen molar-refractivity contribution < 1.29 is 14.6 Å². The van der Waals surface area contributed by atoms with E-state index in [4.69, 9.17) is 23.2 Å². The molecule has 2 rings (SSSR count). The number of aliphatic hydroxyl groups is 2. The molecule has 0 aliphatic heterocycles. The van der Waals surface area contributed by atoms with Gasteiger partial charge in [-0.2, -0.15) is 0 Å². The molecule has 0 aliphatic carbocycles. The van der Waals surface area contributed by atoms with E-state index in [1.165, 1.54) is 6.07 Å². The third-order valence-corrected chi connectivity index (χ3v) is 4.06. The average molecular weight is 329 g/mol. The molecule has 2 aromatic carbocycles. The van der Waals surface area contributed by atoms with Gasteiger partial charge >= 0.3 is 0 Å². The quantitative estimate of drug-likeness (QED) is 0.880. The van der Waals surface area contributed by atoms with Gasteiger partial charge in [-0.15, -0.1) is 0 Å². The van der Waals surface area contributed by atoms with Crippen LogP contribution < -0.4 is 0 Å². The lowest BCUT2D eigenvalue weighted by atomic mass is 9.77. The molecule has 5 heteroatoms. The second-order valence-corrected chi connectivity index (χ2v) is 5.89. The minimum Gasteiger partial charge on any atom is -0.395 e. The van der Waals surface area contributed by atoms with Crippen LogP contribution in [0.2, 0.25) is 10.0 Å². The molecule has 0 amide bonds. The van der Waals surface area contributed by atoms with E-state index in [-0.39, 0.29) is 19.6 Å². The van der Waals surface area contributed by atoms with Gasteiger partial charge in [-0.05, 0) is 41.8 Å². The highest BCUT2D eigenvalue weighted by molar-refractivity contribution is 6.30. The van der Waals surface area contributed by atoms with Gasteiger partial charge in [0.05, 0.1) is 13.2 Å². The summed E-state index contributed by atoms with van der Waals surface area (Å²) in [6, 6.07) is 11.2. The molecule has 2 N–H and O–H groups in total. The molecule has 0 aromatic heterocycles. The summed E-state index contributed by atoms with van der Waals surface area (Å²) in [5, 5.41) is 20.4. The molecule has 112 valence electrons. The Morgan fingerprint density at radius 3 is 2.19 bits per heavy atom. The van der Waals surface area contributed by atoms with Gasteiger partial charge in [0.25, 0.3) is 0 Å². The lowest BCUT2D eigenvalue weighted by molar-refractivity contribution is 0.115. The summed E-state index contributed by atoms with van der Waals surface area (Å²) in [6.45, 7) is -0.655. The van der Waals surface area contributed by atoms with Crippen molar-refractivity contribution in [3.05, 3.63) is 69.5 Å². The number of rotatable bonds is 5. The topological polar surface area (TPSA) is 40.5 Å². The van der Waals surface area contributed by atoms with Gasteiger partial charge < -0.3 is 10.2 Å². The first kappa shape index (κ1) is 16.2. The zero-order valence-electron chi connectivity index (χ0n) is 11.2. The summed E-state index contributed by atoms with van der Waals surface area (Å²) >= 11 is 11.7. The highest BCUT2D eigenvalue weighted by Crippen LogP contribution is 2.31. The first-order valence-corrected chi connectivity index (χ1v) is 7.18. The van der Waals surface area contributed by atoms with E-state index in [0.29, 0.717) is 21.2 Å².